The zero-order valence-corrected chi connectivity index (χ0v) is 15.7. The Balaban J connectivity index is 1.31. The Kier molecular flexibility index (Phi) is 4.12. The molecular weight excluding hydrogens is 368 g/mol. The van der Waals surface area contributed by atoms with E-state index < -0.39 is 11.9 Å². The first kappa shape index (κ1) is 17.5. The number of aromatic nitrogens is 4. The number of pyridine rings is 1. The van der Waals surface area contributed by atoms with Gasteiger partial charge in [-0.2, -0.15) is 0 Å². The monoisotopic (exact) mass is 388 g/mol. The van der Waals surface area contributed by atoms with E-state index in [2.05, 4.69) is 30.8 Å². The van der Waals surface area contributed by atoms with E-state index in [0.717, 1.165) is 24.0 Å². The molecule has 29 heavy (non-hydrogen) atoms. The molecule has 2 amide bonds. The lowest BCUT2D eigenvalue weighted by molar-refractivity contribution is -0.118. The fourth-order valence-corrected chi connectivity index (χ4v) is 3.97. The lowest BCUT2D eigenvalue weighted by Gasteiger charge is -2.19. The molecule has 8 heteroatoms. The van der Waals surface area contributed by atoms with Crippen LogP contribution in [0.3, 0.4) is 0 Å². The molecule has 146 valence electrons. The third-order valence-electron chi connectivity index (χ3n) is 5.65. The number of amides is 2. The van der Waals surface area contributed by atoms with Gasteiger partial charge in [0.2, 0.25) is 11.7 Å². The maximum absolute atomic E-state index is 12.7. The Bertz CT molecular complexity index is 1070. The number of carbonyl (C=O) groups excluding carboxylic acids is 2. The molecule has 1 fully saturated rings. The van der Waals surface area contributed by atoms with Crippen LogP contribution in [-0.2, 0) is 16.6 Å². The van der Waals surface area contributed by atoms with Crippen molar-refractivity contribution in [2.75, 3.05) is 5.32 Å². The van der Waals surface area contributed by atoms with Crippen LogP contribution >= 0.6 is 0 Å². The number of H-pyrrole nitrogens is 1. The van der Waals surface area contributed by atoms with Crippen molar-refractivity contribution in [3.63, 3.8) is 0 Å². The summed E-state index contributed by atoms with van der Waals surface area (Å²) in [6.07, 6.45) is 4.73. The summed E-state index contributed by atoms with van der Waals surface area (Å²) in [5.74, 6) is 0.602. The first-order chi connectivity index (χ1) is 14.1. The van der Waals surface area contributed by atoms with Crippen molar-refractivity contribution >= 4 is 17.6 Å². The van der Waals surface area contributed by atoms with Gasteiger partial charge in [0.25, 0.3) is 5.91 Å². The molecule has 1 atom stereocenters. The lowest BCUT2D eigenvalue weighted by atomic mass is 9.90. The van der Waals surface area contributed by atoms with E-state index in [9.17, 15) is 9.59 Å². The molecule has 1 aromatic carbocycles. The number of nitrogens with zero attached hydrogens (tertiary/aromatic N) is 3. The molecule has 3 aromatic rings. The van der Waals surface area contributed by atoms with Crippen LogP contribution in [0.25, 0.3) is 0 Å². The Morgan fingerprint density at radius 2 is 1.97 bits per heavy atom. The number of hydrogen-bond acceptors (Lipinski definition) is 5. The number of anilines is 1. The van der Waals surface area contributed by atoms with Crippen molar-refractivity contribution in [1.82, 2.24) is 25.5 Å². The number of rotatable bonds is 4. The molecule has 0 unspecified atom stereocenters. The molecule has 8 nitrogen and oxygen atoms in total. The van der Waals surface area contributed by atoms with Crippen molar-refractivity contribution in [1.29, 1.82) is 0 Å². The van der Waals surface area contributed by atoms with E-state index in [1.165, 1.54) is 0 Å². The summed E-state index contributed by atoms with van der Waals surface area (Å²) >= 11 is 0. The Morgan fingerprint density at radius 3 is 2.76 bits per heavy atom. The summed E-state index contributed by atoms with van der Waals surface area (Å²) in [6, 6.07) is 13.1. The summed E-state index contributed by atoms with van der Waals surface area (Å²) in [5, 5.41) is 13.7. The average Bonchev–Trinajstić information content (AvgIpc) is 3.39. The summed E-state index contributed by atoms with van der Waals surface area (Å²) < 4.78 is 0. The minimum absolute atomic E-state index is 0.0966. The fraction of sp³-hybridized carbons (Fsp3) is 0.286. The predicted octanol–water partition coefficient (Wildman–Crippen LogP) is 1.96. The summed E-state index contributed by atoms with van der Waals surface area (Å²) in [5.41, 5.74) is 2.02. The van der Waals surface area contributed by atoms with Gasteiger partial charge in [0, 0.05) is 23.6 Å². The molecule has 3 heterocycles. The molecular formula is C21H20N6O2. The molecule has 2 aromatic heterocycles. The van der Waals surface area contributed by atoms with Crippen LogP contribution in [0, 0.1) is 0 Å². The van der Waals surface area contributed by atoms with E-state index in [0.29, 0.717) is 24.5 Å². The van der Waals surface area contributed by atoms with Gasteiger partial charge in [-0.25, -0.2) is 4.98 Å². The van der Waals surface area contributed by atoms with Gasteiger partial charge >= 0.3 is 0 Å². The molecule has 1 aliphatic heterocycles. The minimum atomic E-state index is -0.651. The minimum Gasteiger partial charge on any atom is -0.337 e. The molecule has 1 spiro atoms. The largest absolute Gasteiger partial charge is 0.337 e. The highest BCUT2D eigenvalue weighted by Gasteiger charge is 2.50. The standard InChI is InChI=1S/C21H20N6O2/c28-19-15(12-21(8-9-21)14-7-4-10-22-17(14)25-19)23-20(29)18-24-16(26-27-18)11-13-5-2-1-3-6-13/h1-7,10,15H,8-9,11-12H2,(H,23,29)(H,22,25,28)(H,24,26,27)/t15-/m1/s1. The van der Waals surface area contributed by atoms with Gasteiger partial charge in [0.15, 0.2) is 0 Å². The van der Waals surface area contributed by atoms with E-state index in [-0.39, 0.29) is 17.1 Å². The van der Waals surface area contributed by atoms with Crippen LogP contribution in [0.2, 0.25) is 0 Å². The highest BCUT2D eigenvalue weighted by Crippen LogP contribution is 2.54. The summed E-state index contributed by atoms with van der Waals surface area (Å²) in [4.78, 5) is 32.7. The molecule has 2 aliphatic rings. The molecule has 0 saturated heterocycles. The number of aromatic amines is 1. The van der Waals surface area contributed by atoms with Crippen molar-refractivity contribution in [3.05, 3.63) is 71.4 Å². The van der Waals surface area contributed by atoms with E-state index in [4.69, 9.17) is 0 Å². The van der Waals surface area contributed by atoms with Crippen LogP contribution in [0.5, 0.6) is 0 Å². The van der Waals surface area contributed by atoms with Crippen LogP contribution < -0.4 is 10.6 Å². The number of nitrogens with one attached hydrogen (secondary N) is 3. The Morgan fingerprint density at radius 1 is 1.14 bits per heavy atom. The number of hydrogen-bond donors (Lipinski definition) is 3. The van der Waals surface area contributed by atoms with Gasteiger partial charge in [-0.15, -0.1) is 10.2 Å². The SMILES string of the molecule is O=C(N[C@@H]1CC2(CC2)c2cccnc2NC1=O)c1nnc(Cc2ccccc2)[nH]1. The smallest absolute Gasteiger partial charge is 0.289 e. The van der Waals surface area contributed by atoms with Gasteiger partial charge in [0.1, 0.15) is 17.7 Å². The second kappa shape index (κ2) is 6.80. The van der Waals surface area contributed by atoms with E-state index in [1.807, 2.05) is 42.5 Å². The molecule has 0 bridgehead atoms. The first-order valence-corrected chi connectivity index (χ1v) is 9.66. The predicted molar refractivity (Wildman–Crippen MR) is 105 cm³/mol. The third-order valence-corrected chi connectivity index (χ3v) is 5.65. The summed E-state index contributed by atoms with van der Waals surface area (Å²) in [6.45, 7) is 0. The van der Waals surface area contributed by atoms with Crippen molar-refractivity contribution in [2.45, 2.75) is 37.1 Å². The number of carbonyl (C=O) groups is 2. The second-order valence-corrected chi connectivity index (χ2v) is 7.68. The quantitative estimate of drug-likeness (QED) is 0.632. The maximum atomic E-state index is 12.7. The van der Waals surface area contributed by atoms with E-state index >= 15 is 0 Å². The fourth-order valence-electron chi connectivity index (χ4n) is 3.97. The van der Waals surface area contributed by atoms with Crippen molar-refractivity contribution in [2.24, 2.45) is 0 Å². The van der Waals surface area contributed by atoms with Gasteiger partial charge in [-0.3, -0.25) is 9.59 Å². The van der Waals surface area contributed by atoms with E-state index in [1.54, 1.807) is 6.20 Å². The topological polar surface area (TPSA) is 113 Å². The molecule has 1 saturated carbocycles. The highest BCUT2D eigenvalue weighted by molar-refractivity contribution is 6.00. The van der Waals surface area contributed by atoms with Gasteiger partial charge in [0.05, 0.1) is 0 Å². The average molecular weight is 388 g/mol. The van der Waals surface area contributed by atoms with Crippen molar-refractivity contribution in [3.8, 4) is 0 Å². The third kappa shape index (κ3) is 3.37. The van der Waals surface area contributed by atoms with Crippen LogP contribution in [0.15, 0.2) is 48.7 Å². The Labute approximate surface area is 167 Å². The van der Waals surface area contributed by atoms with Gasteiger partial charge in [-0.1, -0.05) is 36.4 Å². The van der Waals surface area contributed by atoms with Crippen LogP contribution in [-0.4, -0.2) is 38.0 Å². The molecule has 0 radical (unpaired) electrons. The molecule has 3 N–H and O–H groups in total. The normalized spacial score (nSPS) is 19.2. The highest BCUT2D eigenvalue weighted by atomic mass is 16.2. The lowest BCUT2D eigenvalue weighted by Crippen LogP contribution is -2.44. The maximum Gasteiger partial charge on any atom is 0.289 e. The zero-order valence-electron chi connectivity index (χ0n) is 15.7. The zero-order chi connectivity index (χ0) is 19.8. The molecule has 5 rings (SSSR count). The molecule has 1 aliphatic carbocycles. The number of benzene rings is 1. The van der Waals surface area contributed by atoms with Crippen LogP contribution in [0.4, 0.5) is 5.82 Å². The van der Waals surface area contributed by atoms with Crippen molar-refractivity contribution < 1.29 is 9.59 Å². The van der Waals surface area contributed by atoms with Crippen LogP contribution in [0.1, 0.15) is 46.8 Å². The first-order valence-electron chi connectivity index (χ1n) is 9.66. The van der Waals surface area contributed by atoms with Gasteiger partial charge in [-0.05, 0) is 30.9 Å². The Hall–Kier alpha value is -3.55. The summed E-state index contributed by atoms with van der Waals surface area (Å²) in [7, 11) is 0. The number of fused-ring (bicyclic) bond motifs is 2. The van der Waals surface area contributed by atoms with Gasteiger partial charge < -0.3 is 15.6 Å². The second-order valence-electron chi connectivity index (χ2n) is 7.68.